The number of aryl methyl sites for hydroxylation is 6. The molecule has 4 nitrogen and oxygen atoms in total. The Morgan fingerprint density at radius 1 is 0.750 bits per heavy atom. The highest BCUT2D eigenvalue weighted by Crippen LogP contribution is 2.10. The number of hydrogen-bond acceptors (Lipinski definition) is 3. The number of pyridine rings is 2. The van der Waals surface area contributed by atoms with E-state index in [4.69, 9.17) is 0 Å². The van der Waals surface area contributed by atoms with E-state index >= 15 is 0 Å². The number of halogens is 1. The van der Waals surface area contributed by atoms with Gasteiger partial charge in [-0.05, 0) is 25.0 Å². The minimum atomic E-state index is 0. The molecule has 0 saturated carbocycles. The average Bonchev–Trinajstić information content (AvgIpc) is 2.48. The highest BCUT2D eigenvalue weighted by molar-refractivity contribution is 7.99. The van der Waals surface area contributed by atoms with Gasteiger partial charge < -0.3 is 22.8 Å². The van der Waals surface area contributed by atoms with E-state index in [0.29, 0.717) is 0 Å². The Kier molecular flexibility index (Phi) is 7.84. The van der Waals surface area contributed by atoms with Gasteiger partial charge in [-0.15, -0.1) is 0 Å². The van der Waals surface area contributed by atoms with Gasteiger partial charge in [0.2, 0.25) is 0 Å². The van der Waals surface area contributed by atoms with Gasteiger partial charge in [0.15, 0.2) is 22.8 Å². The molecule has 0 atom stereocenters. The lowest BCUT2D eigenvalue weighted by Crippen LogP contribution is -3.00. The lowest BCUT2D eigenvalue weighted by Gasteiger charge is -2.09. The van der Waals surface area contributed by atoms with Crippen LogP contribution in [0.2, 0.25) is 0 Å². The maximum absolute atomic E-state index is 12.0. The molecular formula is C18H24ClN2O2S-. The molecule has 0 aliphatic heterocycles. The molecule has 0 aliphatic rings. The van der Waals surface area contributed by atoms with Crippen LogP contribution >= 0.6 is 11.8 Å². The fourth-order valence-corrected chi connectivity index (χ4v) is 3.67. The Labute approximate surface area is 154 Å². The monoisotopic (exact) mass is 367 g/mol. The second-order valence-electron chi connectivity index (χ2n) is 6.03. The Morgan fingerprint density at radius 3 is 1.50 bits per heavy atom. The van der Waals surface area contributed by atoms with Crippen molar-refractivity contribution in [2.75, 3.05) is 11.5 Å². The number of rotatable bonds is 6. The Bertz CT molecular complexity index is 648. The summed E-state index contributed by atoms with van der Waals surface area (Å²) in [6.07, 6.45) is 1.50. The van der Waals surface area contributed by atoms with Crippen LogP contribution in [0.4, 0.5) is 0 Å². The van der Waals surface area contributed by atoms with E-state index < -0.39 is 0 Å². The fraction of sp³-hybridized carbons (Fsp3) is 0.444. The number of aromatic nitrogens is 2. The standard InChI is InChI=1S/C18H24N2O2S.ClH/c1-13-9-15(3)19(21)17(11-13)5-7-23-8-6-18-12-14(2)10-16(4)20(18)22;/h9-12H,5-8H2,1-4H3;1H/p-1. The van der Waals surface area contributed by atoms with E-state index in [1.54, 1.807) is 11.8 Å². The van der Waals surface area contributed by atoms with Gasteiger partial charge in [0, 0.05) is 62.5 Å². The molecule has 0 aromatic carbocycles. The van der Waals surface area contributed by atoms with Gasteiger partial charge in [0.1, 0.15) is 0 Å². The minimum Gasteiger partial charge on any atom is -1.00 e. The highest BCUT2D eigenvalue weighted by atomic mass is 35.5. The van der Waals surface area contributed by atoms with Gasteiger partial charge in [-0.25, -0.2) is 0 Å². The van der Waals surface area contributed by atoms with Crippen molar-refractivity contribution in [3.8, 4) is 0 Å². The molecule has 2 aromatic rings. The molecule has 6 heteroatoms. The third-order valence-electron chi connectivity index (χ3n) is 3.83. The SMILES string of the molecule is Cc1cc(C)[n+]([O-])c(CCSCCc2cc(C)cc(C)[n+]2[O-])c1.[Cl-]. The van der Waals surface area contributed by atoms with E-state index in [1.165, 1.54) is 0 Å². The first-order chi connectivity index (χ1) is 10.9. The number of hydrogen-bond donors (Lipinski definition) is 0. The lowest BCUT2D eigenvalue weighted by atomic mass is 10.2. The van der Waals surface area contributed by atoms with Gasteiger partial charge in [-0.3, -0.25) is 0 Å². The summed E-state index contributed by atoms with van der Waals surface area (Å²) >= 11 is 1.78. The maximum atomic E-state index is 12.0. The molecule has 132 valence electrons. The van der Waals surface area contributed by atoms with Crippen LogP contribution < -0.4 is 21.9 Å². The van der Waals surface area contributed by atoms with Crippen molar-refractivity contribution >= 4 is 11.8 Å². The smallest absolute Gasteiger partial charge is 0.194 e. The lowest BCUT2D eigenvalue weighted by molar-refractivity contribution is -0.620. The van der Waals surface area contributed by atoms with Gasteiger partial charge >= 0.3 is 0 Å². The van der Waals surface area contributed by atoms with E-state index in [2.05, 4.69) is 0 Å². The van der Waals surface area contributed by atoms with E-state index in [9.17, 15) is 10.4 Å². The zero-order chi connectivity index (χ0) is 17.0. The number of thioether (sulfide) groups is 1. The highest BCUT2D eigenvalue weighted by Gasteiger charge is 2.11. The van der Waals surface area contributed by atoms with Crippen molar-refractivity contribution < 1.29 is 21.9 Å². The largest absolute Gasteiger partial charge is 1.00 e. The summed E-state index contributed by atoms with van der Waals surface area (Å²) in [7, 11) is 0. The normalized spacial score (nSPS) is 10.5. The molecular weight excluding hydrogens is 344 g/mol. The minimum absolute atomic E-state index is 0. The summed E-state index contributed by atoms with van der Waals surface area (Å²) < 4.78 is 2.03. The number of nitrogens with zero attached hydrogens (tertiary/aromatic N) is 2. The van der Waals surface area contributed by atoms with Crippen molar-refractivity contribution in [3.05, 3.63) is 68.6 Å². The van der Waals surface area contributed by atoms with Crippen LogP contribution in [0.5, 0.6) is 0 Å². The third kappa shape index (κ3) is 5.28. The molecule has 0 unspecified atom stereocenters. The van der Waals surface area contributed by atoms with Gasteiger partial charge in [0.05, 0.1) is 0 Å². The molecule has 2 aromatic heterocycles. The molecule has 0 aliphatic carbocycles. The first-order valence-electron chi connectivity index (χ1n) is 7.85. The Hall–Kier alpha value is -1.46. The second kappa shape index (κ2) is 9.14. The van der Waals surface area contributed by atoms with Crippen molar-refractivity contribution in [3.63, 3.8) is 0 Å². The Balaban J connectivity index is 0.00000288. The first-order valence-corrected chi connectivity index (χ1v) is 9.01. The zero-order valence-corrected chi connectivity index (χ0v) is 16.2. The molecule has 24 heavy (non-hydrogen) atoms. The van der Waals surface area contributed by atoms with Crippen molar-refractivity contribution in [1.82, 2.24) is 0 Å². The molecule has 2 heterocycles. The predicted molar refractivity (Wildman–Crippen MR) is 94.5 cm³/mol. The molecule has 0 fully saturated rings. The van der Waals surface area contributed by atoms with Crippen LogP contribution in [-0.2, 0) is 12.8 Å². The van der Waals surface area contributed by atoms with Crippen LogP contribution in [0.1, 0.15) is 33.9 Å². The summed E-state index contributed by atoms with van der Waals surface area (Å²) in [5, 5.41) is 24.0. The van der Waals surface area contributed by atoms with E-state index in [0.717, 1.165) is 67.7 Å². The van der Waals surface area contributed by atoms with E-state index in [-0.39, 0.29) is 12.4 Å². The average molecular weight is 368 g/mol. The quantitative estimate of drug-likeness (QED) is 0.400. The summed E-state index contributed by atoms with van der Waals surface area (Å²) in [5.41, 5.74) is 5.37. The van der Waals surface area contributed by atoms with Crippen LogP contribution in [-0.4, -0.2) is 11.5 Å². The molecule has 0 amide bonds. The fourth-order valence-electron chi connectivity index (χ4n) is 2.76. The molecule has 0 bridgehead atoms. The van der Waals surface area contributed by atoms with Crippen LogP contribution in [0.3, 0.4) is 0 Å². The summed E-state index contributed by atoms with van der Waals surface area (Å²) in [6.45, 7) is 7.70. The molecule has 2 rings (SSSR count). The van der Waals surface area contributed by atoms with Crippen LogP contribution in [0.25, 0.3) is 0 Å². The topological polar surface area (TPSA) is 53.9 Å². The molecule has 0 saturated heterocycles. The van der Waals surface area contributed by atoms with Crippen molar-refractivity contribution in [2.45, 2.75) is 40.5 Å². The second-order valence-corrected chi connectivity index (χ2v) is 7.26. The van der Waals surface area contributed by atoms with Crippen LogP contribution in [0.15, 0.2) is 24.3 Å². The zero-order valence-electron chi connectivity index (χ0n) is 14.6. The molecule has 0 radical (unpaired) electrons. The predicted octanol–water partition coefficient (Wildman–Crippen LogP) is -0.291. The van der Waals surface area contributed by atoms with Crippen molar-refractivity contribution in [1.29, 1.82) is 0 Å². The van der Waals surface area contributed by atoms with Gasteiger partial charge in [-0.2, -0.15) is 21.2 Å². The summed E-state index contributed by atoms with van der Waals surface area (Å²) in [5.74, 6) is 1.77. The van der Waals surface area contributed by atoms with Crippen LogP contribution in [0, 0.1) is 38.1 Å². The van der Waals surface area contributed by atoms with Gasteiger partial charge in [0.25, 0.3) is 0 Å². The van der Waals surface area contributed by atoms with Crippen molar-refractivity contribution in [2.24, 2.45) is 0 Å². The third-order valence-corrected chi connectivity index (χ3v) is 4.81. The maximum Gasteiger partial charge on any atom is 0.194 e. The summed E-state index contributed by atoms with van der Waals surface area (Å²) in [4.78, 5) is 0. The summed E-state index contributed by atoms with van der Waals surface area (Å²) in [6, 6.07) is 7.71. The molecule has 0 spiro atoms. The van der Waals surface area contributed by atoms with E-state index in [1.807, 2.05) is 52.0 Å². The Morgan fingerprint density at radius 2 is 1.12 bits per heavy atom. The first kappa shape index (κ1) is 20.6. The van der Waals surface area contributed by atoms with Gasteiger partial charge in [-0.1, -0.05) is 0 Å². The molecule has 0 N–H and O–H groups in total.